The summed E-state index contributed by atoms with van der Waals surface area (Å²) in [5.74, 6) is -0.499. The molecule has 4 rings (SSSR count). The van der Waals surface area contributed by atoms with Crippen LogP contribution in [0.3, 0.4) is 0 Å². The summed E-state index contributed by atoms with van der Waals surface area (Å²) in [4.78, 5) is 32.4. The zero-order valence-corrected chi connectivity index (χ0v) is 21.1. The summed E-state index contributed by atoms with van der Waals surface area (Å²) < 4.78 is 11.1. The zero-order valence-electron chi connectivity index (χ0n) is 21.1. The lowest BCUT2D eigenvalue weighted by molar-refractivity contribution is -0.132. The Kier molecular flexibility index (Phi) is 6.84. The molecule has 7 nitrogen and oxygen atoms in total. The van der Waals surface area contributed by atoms with Gasteiger partial charge in [0.2, 0.25) is 0 Å². The van der Waals surface area contributed by atoms with Crippen LogP contribution in [-0.2, 0) is 15.0 Å². The molecule has 1 amide bonds. The predicted octanol–water partition coefficient (Wildman–Crippen LogP) is 5.41. The minimum Gasteiger partial charge on any atom is -0.507 e. The van der Waals surface area contributed by atoms with E-state index in [-0.39, 0.29) is 16.7 Å². The number of ketones is 1. The molecule has 0 saturated carbocycles. The van der Waals surface area contributed by atoms with Crippen molar-refractivity contribution in [2.45, 2.75) is 39.2 Å². The van der Waals surface area contributed by atoms with E-state index in [1.807, 2.05) is 27.7 Å². The molecule has 186 valence electrons. The number of aliphatic hydroxyl groups is 1. The fourth-order valence-electron chi connectivity index (χ4n) is 4.44. The Balaban J connectivity index is 1.93. The lowest BCUT2D eigenvalue weighted by atomic mass is 9.84. The molecule has 1 aliphatic rings. The first-order chi connectivity index (χ1) is 17.2. The first-order valence-electron chi connectivity index (χ1n) is 11.8. The van der Waals surface area contributed by atoms with E-state index in [2.05, 4.69) is 4.98 Å². The maximum Gasteiger partial charge on any atom is 0.300 e. The lowest BCUT2D eigenvalue weighted by Crippen LogP contribution is -2.29. The van der Waals surface area contributed by atoms with Gasteiger partial charge in [0.25, 0.3) is 11.7 Å². The maximum absolute atomic E-state index is 13.4. The number of aliphatic hydroxyl groups excluding tert-OH is 1. The average molecular weight is 487 g/mol. The van der Waals surface area contributed by atoms with Crippen LogP contribution in [-0.4, -0.2) is 35.5 Å². The Hall–Kier alpha value is -4.13. The van der Waals surface area contributed by atoms with E-state index in [1.54, 1.807) is 74.1 Å². The molecule has 1 atom stereocenters. The highest BCUT2D eigenvalue weighted by Gasteiger charge is 2.47. The Morgan fingerprint density at radius 1 is 1.08 bits per heavy atom. The monoisotopic (exact) mass is 486 g/mol. The molecule has 36 heavy (non-hydrogen) atoms. The summed E-state index contributed by atoms with van der Waals surface area (Å²) in [6, 6.07) is 14.9. The Labute approximate surface area is 211 Å². The summed E-state index contributed by atoms with van der Waals surface area (Å²) in [6.45, 7) is 8.44. The lowest BCUT2D eigenvalue weighted by Gasteiger charge is -2.26. The van der Waals surface area contributed by atoms with Crippen molar-refractivity contribution < 1.29 is 24.2 Å². The number of rotatable bonds is 6. The van der Waals surface area contributed by atoms with Crippen molar-refractivity contribution in [3.8, 4) is 11.5 Å². The van der Waals surface area contributed by atoms with E-state index in [0.29, 0.717) is 34.9 Å². The molecule has 0 spiro atoms. The van der Waals surface area contributed by atoms with Gasteiger partial charge >= 0.3 is 0 Å². The summed E-state index contributed by atoms with van der Waals surface area (Å²) in [7, 11) is 1.59. The summed E-state index contributed by atoms with van der Waals surface area (Å²) in [5.41, 5.74) is 2.10. The fraction of sp³-hybridized carbons (Fsp3) is 0.276. The van der Waals surface area contributed by atoms with Gasteiger partial charge in [-0.05, 0) is 54.3 Å². The van der Waals surface area contributed by atoms with Crippen LogP contribution in [0.1, 0.15) is 50.4 Å². The standard InChI is InChI=1S/C29H30N2O5/c1-6-36-21-11-7-10-20(16-21)31-25(19-9-8-14-30-17-19)24(27(33)28(31)34)26(32)18-12-13-23(35-5)22(15-18)29(2,3)4/h7-17,25,32H,6H2,1-5H3/b26-24-. The number of pyridine rings is 1. The third kappa shape index (κ3) is 4.56. The molecule has 2 heterocycles. The van der Waals surface area contributed by atoms with Gasteiger partial charge in [-0.3, -0.25) is 19.5 Å². The number of nitrogens with zero attached hydrogens (tertiary/aromatic N) is 2. The fourth-order valence-corrected chi connectivity index (χ4v) is 4.44. The highest BCUT2D eigenvalue weighted by Crippen LogP contribution is 2.43. The van der Waals surface area contributed by atoms with Crippen LogP contribution in [0.25, 0.3) is 5.76 Å². The minimum atomic E-state index is -0.865. The quantitative estimate of drug-likeness (QED) is 0.285. The van der Waals surface area contributed by atoms with Gasteiger partial charge in [0.05, 0.1) is 25.3 Å². The van der Waals surface area contributed by atoms with Gasteiger partial charge < -0.3 is 14.6 Å². The van der Waals surface area contributed by atoms with Crippen LogP contribution in [0.4, 0.5) is 5.69 Å². The molecule has 1 unspecified atom stereocenters. The summed E-state index contributed by atoms with van der Waals surface area (Å²) in [5, 5.41) is 11.5. The van der Waals surface area contributed by atoms with E-state index in [1.165, 1.54) is 4.90 Å². The number of Topliss-reactive ketones (excluding diaryl/α,β-unsaturated/α-hetero) is 1. The molecule has 0 radical (unpaired) electrons. The molecule has 2 aromatic carbocycles. The molecule has 1 aliphatic heterocycles. The number of hydrogen-bond acceptors (Lipinski definition) is 6. The maximum atomic E-state index is 13.4. The molecule has 3 aromatic rings. The van der Waals surface area contributed by atoms with Crippen LogP contribution in [0, 0.1) is 0 Å². The van der Waals surface area contributed by atoms with Crippen LogP contribution in [0.15, 0.2) is 72.6 Å². The van der Waals surface area contributed by atoms with Crippen LogP contribution in [0.2, 0.25) is 0 Å². The third-order valence-corrected chi connectivity index (χ3v) is 6.13. The molecule has 0 bridgehead atoms. The first kappa shape index (κ1) is 25.0. The van der Waals surface area contributed by atoms with Crippen molar-refractivity contribution in [1.29, 1.82) is 0 Å². The van der Waals surface area contributed by atoms with Crippen molar-refractivity contribution in [3.63, 3.8) is 0 Å². The van der Waals surface area contributed by atoms with E-state index in [9.17, 15) is 14.7 Å². The number of carbonyl (C=O) groups excluding carboxylic acids is 2. The summed E-state index contributed by atoms with van der Waals surface area (Å²) >= 11 is 0. The van der Waals surface area contributed by atoms with E-state index < -0.39 is 17.7 Å². The van der Waals surface area contributed by atoms with Gasteiger partial charge in [0, 0.05) is 35.3 Å². The molecule has 1 fully saturated rings. The van der Waals surface area contributed by atoms with Gasteiger partial charge in [-0.15, -0.1) is 0 Å². The van der Waals surface area contributed by atoms with Crippen LogP contribution < -0.4 is 14.4 Å². The molecule has 1 saturated heterocycles. The summed E-state index contributed by atoms with van der Waals surface area (Å²) in [6.07, 6.45) is 3.21. The van der Waals surface area contributed by atoms with Crippen molar-refractivity contribution in [2.75, 3.05) is 18.6 Å². The van der Waals surface area contributed by atoms with Gasteiger partial charge in [0.1, 0.15) is 17.3 Å². The molecule has 0 aliphatic carbocycles. The number of anilines is 1. The number of benzene rings is 2. The Morgan fingerprint density at radius 3 is 2.50 bits per heavy atom. The largest absolute Gasteiger partial charge is 0.507 e. The number of hydrogen-bond donors (Lipinski definition) is 1. The molecule has 1 N–H and O–H groups in total. The normalized spacial score (nSPS) is 17.4. The van der Waals surface area contributed by atoms with Crippen molar-refractivity contribution in [2.24, 2.45) is 0 Å². The minimum absolute atomic E-state index is 0.000149. The van der Waals surface area contributed by atoms with E-state index in [0.717, 1.165) is 5.56 Å². The van der Waals surface area contributed by atoms with Crippen LogP contribution in [0.5, 0.6) is 11.5 Å². The molecule has 7 heteroatoms. The van der Waals surface area contributed by atoms with E-state index in [4.69, 9.17) is 9.47 Å². The van der Waals surface area contributed by atoms with Gasteiger partial charge in [-0.25, -0.2) is 0 Å². The zero-order chi connectivity index (χ0) is 26.0. The second-order valence-electron chi connectivity index (χ2n) is 9.55. The number of aromatic nitrogens is 1. The van der Waals surface area contributed by atoms with Crippen molar-refractivity contribution in [3.05, 3.63) is 89.3 Å². The van der Waals surface area contributed by atoms with E-state index >= 15 is 0 Å². The molecular formula is C29H30N2O5. The number of carbonyl (C=O) groups is 2. The number of amides is 1. The third-order valence-electron chi connectivity index (χ3n) is 6.13. The van der Waals surface area contributed by atoms with Gasteiger partial charge in [0.15, 0.2) is 0 Å². The van der Waals surface area contributed by atoms with Gasteiger partial charge in [-0.2, -0.15) is 0 Å². The topological polar surface area (TPSA) is 89.0 Å². The van der Waals surface area contributed by atoms with Crippen molar-refractivity contribution in [1.82, 2.24) is 4.98 Å². The molecule has 1 aromatic heterocycles. The first-order valence-corrected chi connectivity index (χ1v) is 11.8. The smallest absolute Gasteiger partial charge is 0.300 e. The average Bonchev–Trinajstić information content (AvgIpc) is 3.14. The predicted molar refractivity (Wildman–Crippen MR) is 138 cm³/mol. The van der Waals surface area contributed by atoms with Crippen LogP contribution >= 0.6 is 0 Å². The number of methoxy groups -OCH3 is 1. The van der Waals surface area contributed by atoms with Crippen molar-refractivity contribution >= 4 is 23.1 Å². The SMILES string of the molecule is CCOc1cccc(N2C(=O)C(=O)/C(=C(\O)c3ccc(OC)c(C(C)(C)C)c3)C2c2cccnc2)c1. The Morgan fingerprint density at radius 2 is 1.86 bits per heavy atom. The number of ether oxygens (including phenoxy) is 2. The second kappa shape index (κ2) is 9.85. The highest BCUT2D eigenvalue weighted by molar-refractivity contribution is 6.51. The highest BCUT2D eigenvalue weighted by atomic mass is 16.5. The molecular weight excluding hydrogens is 456 g/mol. The van der Waals surface area contributed by atoms with Gasteiger partial charge in [-0.1, -0.05) is 32.9 Å². The second-order valence-corrected chi connectivity index (χ2v) is 9.55. The Bertz CT molecular complexity index is 1320.